The molecule has 0 fully saturated rings. The molecule has 0 aliphatic rings. The Balaban J connectivity index is 0.00000320. The van der Waals surface area contributed by atoms with E-state index in [9.17, 15) is 17.4 Å². The zero-order valence-corrected chi connectivity index (χ0v) is 17.1. The summed E-state index contributed by atoms with van der Waals surface area (Å²) in [4.78, 5) is 21.3. The number of sulfonamides is 1. The van der Waals surface area contributed by atoms with Crippen LogP contribution in [0.3, 0.4) is 0 Å². The van der Waals surface area contributed by atoms with Crippen LogP contribution in [0.5, 0.6) is 5.75 Å². The Hall–Kier alpha value is -0.634. The normalized spacial score (nSPS) is 11.8. The van der Waals surface area contributed by atoms with Gasteiger partial charge in [0.15, 0.2) is 16.7 Å². The van der Waals surface area contributed by atoms with E-state index in [0.717, 1.165) is 12.1 Å². The first-order chi connectivity index (χ1) is 13.5. The summed E-state index contributed by atoms with van der Waals surface area (Å²) in [5.41, 5.74) is 1.20. The molecule has 14 heteroatoms. The summed E-state index contributed by atoms with van der Waals surface area (Å²) in [6.07, 6.45) is 1.37. The number of nitrogens with zero attached hydrogens (tertiary/aromatic N) is 2. The van der Waals surface area contributed by atoms with E-state index in [-0.39, 0.29) is 67.2 Å². The molecule has 0 unspecified atom stereocenters. The molecule has 9 nitrogen and oxygen atoms in total. The van der Waals surface area contributed by atoms with Crippen LogP contribution in [0.4, 0.5) is 4.39 Å². The van der Waals surface area contributed by atoms with Gasteiger partial charge in [-0.3, -0.25) is 4.57 Å². The van der Waals surface area contributed by atoms with Gasteiger partial charge in [-0.25, -0.2) is 22.4 Å². The molecule has 0 bridgehead atoms. The van der Waals surface area contributed by atoms with Crippen LogP contribution in [0.2, 0.25) is 5.15 Å². The molecule has 3 N–H and O–H groups in total. The van der Waals surface area contributed by atoms with Gasteiger partial charge in [0.25, 0.3) is 0 Å². The summed E-state index contributed by atoms with van der Waals surface area (Å²) in [6, 6.07) is 9.32. The third-order valence-corrected chi connectivity index (χ3v) is 6.89. The van der Waals surface area contributed by atoms with E-state index in [2.05, 4.69) is 4.98 Å². The number of hydrogen-bond acceptors (Lipinski definition) is 5. The van der Waals surface area contributed by atoms with Gasteiger partial charge in [-0.1, -0.05) is 11.6 Å². The van der Waals surface area contributed by atoms with Crippen LogP contribution in [0.15, 0.2) is 53.7 Å². The summed E-state index contributed by atoms with van der Waals surface area (Å²) in [7, 11) is -8.07. The van der Waals surface area contributed by atoms with E-state index >= 15 is 0 Å². The SMILES string of the molecule is COc1ccc(-c2c(Cl)ncn2-c2ccc(S(=O)(=O)NP(=O)(O)O)cc2)cc1F.[KH]. The molecule has 30 heavy (non-hydrogen) atoms. The third-order valence-electron chi connectivity index (χ3n) is 3.81. The minimum atomic E-state index is -5.00. The number of hydrogen-bond donors (Lipinski definition) is 3. The van der Waals surface area contributed by atoms with Gasteiger partial charge in [0.2, 0.25) is 10.0 Å². The minimum absolute atomic E-state index is 0. The second kappa shape index (κ2) is 9.88. The molecule has 0 aliphatic heterocycles. The molecule has 1 aromatic heterocycles. The Morgan fingerprint density at radius 3 is 2.37 bits per heavy atom. The molecular formula is C16H15ClFKN3O6PS. The van der Waals surface area contributed by atoms with Crippen LogP contribution in [0.25, 0.3) is 16.9 Å². The summed E-state index contributed by atoms with van der Waals surface area (Å²) < 4.78 is 56.7. The molecule has 0 aliphatic carbocycles. The van der Waals surface area contributed by atoms with Crippen LogP contribution >= 0.6 is 19.3 Å². The van der Waals surface area contributed by atoms with Gasteiger partial charge in [0.05, 0.1) is 17.7 Å². The standard InChI is InChI=1S/C16H14ClFN3O6PS.K.H/c1-27-14-7-2-10(8-13(14)18)15-16(17)19-9-21(15)11-3-5-12(6-4-11)29(25,26)20-28(22,23)24;;/h2-9H,1H3,(H3,20,22,23,24);;. The van der Waals surface area contributed by atoms with E-state index in [1.807, 2.05) is 0 Å². The van der Waals surface area contributed by atoms with Crippen LogP contribution in [0, 0.1) is 5.82 Å². The second-order valence-corrected chi connectivity index (χ2v) is 9.39. The summed E-state index contributed by atoms with van der Waals surface area (Å²) >= 11 is 6.15. The number of rotatable bonds is 6. The van der Waals surface area contributed by atoms with Crippen LogP contribution in [-0.2, 0) is 14.6 Å². The Kier molecular flexibility index (Phi) is 8.44. The molecule has 1 heterocycles. The predicted molar refractivity (Wildman–Crippen MR) is 110 cm³/mol. The Labute approximate surface area is 218 Å². The van der Waals surface area contributed by atoms with Crippen molar-refractivity contribution in [2.24, 2.45) is 0 Å². The van der Waals surface area contributed by atoms with Crippen LogP contribution < -0.4 is 9.23 Å². The van der Waals surface area contributed by atoms with E-state index < -0.39 is 23.6 Å². The fourth-order valence-corrected chi connectivity index (χ4v) is 5.00. The van der Waals surface area contributed by atoms with Crippen molar-refractivity contribution in [3.8, 4) is 22.7 Å². The van der Waals surface area contributed by atoms with Crippen molar-refractivity contribution in [3.05, 3.63) is 59.8 Å². The van der Waals surface area contributed by atoms with Gasteiger partial charge in [-0.15, -0.1) is 4.49 Å². The quantitative estimate of drug-likeness (QED) is 0.348. The summed E-state index contributed by atoms with van der Waals surface area (Å²) in [5, 5.41) is 0.0921. The average molecular weight is 502 g/mol. The van der Waals surface area contributed by atoms with E-state index in [1.54, 1.807) is 6.07 Å². The van der Waals surface area contributed by atoms with Gasteiger partial charge in [0, 0.05) is 11.3 Å². The Morgan fingerprint density at radius 1 is 1.20 bits per heavy atom. The molecule has 156 valence electrons. The number of benzene rings is 2. The van der Waals surface area contributed by atoms with Crippen molar-refractivity contribution < 1.29 is 31.9 Å². The monoisotopic (exact) mass is 501 g/mol. The van der Waals surface area contributed by atoms with Gasteiger partial charge >= 0.3 is 59.1 Å². The van der Waals surface area contributed by atoms with Gasteiger partial charge in [-0.05, 0) is 42.5 Å². The van der Waals surface area contributed by atoms with Gasteiger partial charge < -0.3 is 14.5 Å². The molecule has 0 amide bonds. The van der Waals surface area contributed by atoms with E-state index in [4.69, 9.17) is 26.1 Å². The summed E-state index contributed by atoms with van der Waals surface area (Å²) in [6.45, 7) is 0. The predicted octanol–water partition coefficient (Wildman–Crippen LogP) is 2.06. The van der Waals surface area contributed by atoms with E-state index in [1.165, 1.54) is 46.8 Å². The molecule has 0 saturated heterocycles. The zero-order valence-electron chi connectivity index (χ0n) is 14.7. The fraction of sp³-hybridized carbons (Fsp3) is 0.0625. The number of halogens is 2. The molecule has 2 aromatic carbocycles. The fourth-order valence-electron chi connectivity index (χ4n) is 2.59. The van der Waals surface area contributed by atoms with Crippen molar-refractivity contribution in [1.29, 1.82) is 0 Å². The molecule has 0 spiro atoms. The van der Waals surface area contributed by atoms with E-state index in [0.29, 0.717) is 16.9 Å². The number of ether oxygens (including phenoxy) is 1. The van der Waals surface area contributed by atoms with Crippen molar-refractivity contribution in [2.45, 2.75) is 4.90 Å². The molecule has 3 rings (SSSR count). The van der Waals surface area contributed by atoms with Crippen LogP contribution in [-0.4, -0.2) is 86.3 Å². The molecule has 0 saturated carbocycles. The first kappa shape index (κ1) is 25.6. The van der Waals surface area contributed by atoms with Crippen LogP contribution in [0.1, 0.15) is 0 Å². The molecular weight excluding hydrogens is 487 g/mol. The first-order valence-corrected chi connectivity index (χ1v) is 11.3. The molecule has 3 aromatic rings. The van der Waals surface area contributed by atoms with Gasteiger partial charge in [-0.2, -0.15) is 0 Å². The Bertz CT molecular complexity index is 1220. The average Bonchev–Trinajstić information content (AvgIpc) is 3.01. The van der Waals surface area contributed by atoms with Crippen molar-refractivity contribution >= 4 is 80.8 Å². The molecule has 0 radical (unpaired) electrons. The first-order valence-electron chi connectivity index (χ1n) is 7.78. The number of imidazole rings is 1. The molecule has 0 atom stereocenters. The maximum atomic E-state index is 14.1. The Morgan fingerprint density at radius 2 is 1.83 bits per heavy atom. The van der Waals surface area contributed by atoms with Crippen molar-refractivity contribution in [3.63, 3.8) is 0 Å². The van der Waals surface area contributed by atoms with Gasteiger partial charge in [0.1, 0.15) is 6.33 Å². The number of nitrogens with one attached hydrogen (secondary N) is 1. The van der Waals surface area contributed by atoms with Crippen molar-refractivity contribution in [1.82, 2.24) is 14.0 Å². The van der Waals surface area contributed by atoms with Crippen molar-refractivity contribution in [2.75, 3.05) is 7.11 Å². The third kappa shape index (κ3) is 5.78. The number of methoxy groups -OCH3 is 1. The zero-order chi connectivity index (χ0) is 21.4. The maximum absolute atomic E-state index is 14.1. The second-order valence-electron chi connectivity index (χ2n) is 5.74. The summed E-state index contributed by atoms with van der Waals surface area (Å²) in [5.74, 6) is -0.540. The topological polar surface area (TPSA) is 131 Å². The number of aromatic nitrogens is 2.